The lowest BCUT2D eigenvalue weighted by atomic mass is 10.1. The Kier molecular flexibility index (Phi) is 6.36. The van der Waals surface area contributed by atoms with E-state index in [-0.39, 0.29) is 28.7 Å². The summed E-state index contributed by atoms with van der Waals surface area (Å²) in [4.78, 5) is 22.5. The molecule has 0 saturated heterocycles. The molecule has 2 aromatic rings. The first kappa shape index (κ1) is 19.0. The molecule has 0 amide bonds. The van der Waals surface area contributed by atoms with Crippen molar-refractivity contribution in [1.29, 1.82) is 0 Å². The number of nitro groups is 1. The van der Waals surface area contributed by atoms with Crippen molar-refractivity contribution in [2.24, 2.45) is 0 Å². The Morgan fingerprint density at radius 1 is 1.38 bits per heavy atom. The van der Waals surface area contributed by atoms with Crippen molar-refractivity contribution >= 4 is 29.1 Å². The molecule has 0 aliphatic carbocycles. The van der Waals surface area contributed by atoms with E-state index < -0.39 is 4.92 Å². The second-order valence-electron chi connectivity index (χ2n) is 5.03. The fraction of sp³-hybridized carbons (Fsp3) is 0.105. The van der Waals surface area contributed by atoms with Crippen LogP contribution in [0.1, 0.15) is 15.9 Å². The van der Waals surface area contributed by atoms with Crippen LogP contribution >= 0.6 is 11.6 Å². The summed E-state index contributed by atoms with van der Waals surface area (Å²) in [6.45, 7) is 0.0382. The average molecular weight is 372 g/mol. The van der Waals surface area contributed by atoms with E-state index in [0.717, 1.165) is 0 Å². The zero-order valence-electron chi connectivity index (χ0n) is 13.8. The van der Waals surface area contributed by atoms with Crippen LogP contribution in [0, 0.1) is 22.5 Å². The molecule has 0 spiro atoms. The van der Waals surface area contributed by atoms with Crippen LogP contribution in [0.5, 0.6) is 11.5 Å². The maximum atomic E-state index is 12.2. The molecular weight excluding hydrogens is 358 g/mol. The van der Waals surface area contributed by atoms with Crippen LogP contribution in [0.2, 0.25) is 5.02 Å². The van der Waals surface area contributed by atoms with E-state index >= 15 is 0 Å². The molecule has 2 rings (SSSR count). The zero-order chi connectivity index (χ0) is 19.1. The van der Waals surface area contributed by atoms with Crippen molar-refractivity contribution < 1.29 is 19.2 Å². The highest BCUT2D eigenvalue weighted by Gasteiger charge is 2.12. The topological polar surface area (TPSA) is 78.7 Å². The number of halogens is 1. The molecule has 26 heavy (non-hydrogen) atoms. The third kappa shape index (κ3) is 4.62. The molecule has 0 heterocycles. The van der Waals surface area contributed by atoms with E-state index in [1.54, 1.807) is 12.1 Å². The summed E-state index contributed by atoms with van der Waals surface area (Å²) in [5.41, 5.74) is 0.658. The highest BCUT2D eigenvalue weighted by atomic mass is 35.5. The van der Waals surface area contributed by atoms with Gasteiger partial charge in [-0.15, -0.1) is 6.42 Å². The Morgan fingerprint density at radius 3 is 2.81 bits per heavy atom. The molecule has 0 N–H and O–H groups in total. The van der Waals surface area contributed by atoms with Gasteiger partial charge in [0, 0.05) is 17.7 Å². The molecule has 132 valence electrons. The third-order valence-corrected chi connectivity index (χ3v) is 3.60. The monoisotopic (exact) mass is 371 g/mol. The molecule has 0 aromatic heterocycles. The number of nitrogens with zero attached hydrogens (tertiary/aromatic N) is 1. The van der Waals surface area contributed by atoms with Crippen molar-refractivity contribution in [3.05, 3.63) is 68.7 Å². The fourth-order valence-corrected chi connectivity index (χ4v) is 2.40. The van der Waals surface area contributed by atoms with E-state index in [9.17, 15) is 14.9 Å². The van der Waals surface area contributed by atoms with Crippen molar-refractivity contribution in [3.63, 3.8) is 0 Å². The SMILES string of the molecule is C#CCOc1c(Cl)cc(/C=C/C(=O)c2cccc([N+](=O)[O-])c2)cc1OC. The zero-order valence-corrected chi connectivity index (χ0v) is 14.5. The van der Waals surface area contributed by atoms with E-state index in [4.69, 9.17) is 27.5 Å². The molecule has 0 fully saturated rings. The molecule has 2 aromatic carbocycles. The minimum Gasteiger partial charge on any atom is -0.493 e. The Morgan fingerprint density at radius 2 is 2.15 bits per heavy atom. The van der Waals surface area contributed by atoms with Crippen LogP contribution in [0.4, 0.5) is 5.69 Å². The summed E-state index contributed by atoms with van der Waals surface area (Å²) < 4.78 is 10.6. The van der Waals surface area contributed by atoms with Crippen LogP contribution in [0.3, 0.4) is 0 Å². The number of hydrogen-bond donors (Lipinski definition) is 0. The van der Waals surface area contributed by atoms with Gasteiger partial charge in [0.05, 0.1) is 17.1 Å². The van der Waals surface area contributed by atoms with E-state index in [1.807, 2.05) is 0 Å². The lowest BCUT2D eigenvalue weighted by molar-refractivity contribution is -0.384. The summed E-state index contributed by atoms with van der Waals surface area (Å²) in [6, 6.07) is 8.72. The lowest BCUT2D eigenvalue weighted by Crippen LogP contribution is -1.98. The first-order valence-corrected chi connectivity index (χ1v) is 7.74. The van der Waals surface area contributed by atoms with Gasteiger partial charge in [-0.3, -0.25) is 14.9 Å². The minimum atomic E-state index is -0.556. The Labute approximate surface area is 155 Å². The van der Waals surface area contributed by atoms with Crippen LogP contribution in [0.15, 0.2) is 42.5 Å². The van der Waals surface area contributed by atoms with E-state index in [1.165, 1.54) is 43.5 Å². The number of terminal acetylenes is 1. The molecule has 0 aliphatic rings. The normalized spacial score (nSPS) is 10.3. The largest absolute Gasteiger partial charge is 0.493 e. The van der Waals surface area contributed by atoms with Crippen LogP contribution in [-0.4, -0.2) is 24.4 Å². The van der Waals surface area contributed by atoms with Gasteiger partial charge in [-0.2, -0.15) is 0 Å². The van der Waals surface area contributed by atoms with Crippen molar-refractivity contribution in [2.45, 2.75) is 0 Å². The second-order valence-corrected chi connectivity index (χ2v) is 5.44. The van der Waals surface area contributed by atoms with Gasteiger partial charge in [0.1, 0.15) is 6.61 Å². The molecule has 7 heteroatoms. The molecule has 0 unspecified atom stereocenters. The Bertz CT molecular complexity index is 915. The highest BCUT2D eigenvalue weighted by molar-refractivity contribution is 6.32. The molecule has 0 atom stereocenters. The molecular formula is C19H14ClNO5. The molecule has 0 bridgehead atoms. The number of nitro benzene ring substituents is 1. The van der Waals surface area contributed by atoms with Crippen molar-refractivity contribution in [1.82, 2.24) is 0 Å². The van der Waals surface area contributed by atoms with Gasteiger partial charge in [0.2, 0.25) is 0 Å². The molecule has 0 aliphatic heterocycles. The maximum Gasteiger partial charge on any atom is 0.270 e. The summed E-state index contributed by atoms with van der Waals surface area (Å²) in [5.74, 6) is 2.64. The van der Waals surface area contributed by atoms with Gasteiger partial charge >= 0.3 is 0 Å². The first-order chi connectivity index (χ1) is 12.5. The van der Waals surface area contributed by atoms with Gasteiger partial charge in [-0.1, -0.05) is 35.7 Å². The second kappa shape index (κ2) is 8.70. The number of rotatable bonds is 7. The first-order valence-electron chi connectivity index (χ1n) is 7.37. The van der Waals surface area contributed by atoms with Crippen LogP contribution in [0.25, 0.3) is 6.08 Å². The van der Waals surface area contributed by atoms with Crippen molar-refractivity contribution in [2.75, 3.05) is 13.7 Å². The van der Waals surface area contributed by atoms with Gasteiger partial charge in [0.25, 0.3) is 5.69 Å². The quantitative estimate of drug-likeness (QED) is 0.240. The van der Waals surface area contributed by atoms with Gasteiger partial charge < -0.3 is 9.47 Å². The average Bonchev–Trinajstić information content (AvgIpc) is 2.64. The molecule has 6 nitrogen and oxygen atoms in total. The number of ether oxygens (including phenoxy) is 2. The molecule has 0 saturated carbocycles. The Balaban J connectivity index is 2.26. The highest BCUT2D eigenvalue weighted by Crippen LogP contribution is 2.36. The lowest BCUT2D eigenvalue weighted by Gasteiger charge is -2.11. The number of ketones is 1. The Hall–Kier alpha value is -3.30. The number of methoxy groups -OCH3 is 1. The molecule has 0 radical (unpaired) electrons. The number of non-ortho nitro benzene ring substituents is 1. The van der Waals surface area contributed by atoms with E-state index in [0.29, 0.717) is 17.1 Å². The smallest absolute Gasteiger partial charge is 0.270 e. The summed E-state index contributed by atoms with van der Waals surface area (Å²) in [5, 5.41) is 11.1. The minimum absolute atomic E-state index is 0.0382. The van der Waals surface area contributed by atoms with Crippen molar-refractivity contribution in [3.8, 4) is 23.8 Å². The number of benzene rings is 2. The van der Waals surface area contributed by atoms with Gasteiger partial charge in [-0.05, 0) is 23.8 Å². The summed E-state index contributed by atoms with van der Waals surface area (Å²) in [7, 11) is 1.45. The maximum absolute atomic E-state index is 12.2. The number of allylic oxidation sites excluding steroid dienone is 1. The van der Waals surface area contributed by atoms with Gasteiger partial charge in [-0.25, -0.2) is 0 Å². The number of hydrogen-bond acceptors (Lipinski definition) is 5. The summed E-state index contributed by atoms with van der Waals surface area (Å²) >= 11 is 6.17. The number of carbonyl (C=O) groups excluding carboxylic acids is 1. The van der Waals surface area contributed by atoms with Gasteiger partial charge in [0.15, 0.2) is 17.3 Å². The van der Waals surface area contributed by atoms with E-state index in [2.05, 4.69) is 5.92 Å². The standard InChI is InChI=1S/C19H14ClNO5/c1-3-9-26-19-16(20)10-13(11-18(19)25-2)7-8-17(22)14-5-4-6-15(12-14)21(23)24/h1,4-8,10-12H,9H2,2H3/b8-7+. The summed E-state index contributed by atoms with van der Waals surface area (Å²) in [6.07, 6.45) is 7.99. The predicted octanol–water partition coefficient (Wildman–Crippen LogP) is 4.16. The number of carbonyl (C=O) groups is 1. The van der Waals surface area contributed by atoms with Crippen LogP contribution < -0.4 is 9.47 Å². The predicted molar refractivity (Wildman–Crippen MR) is 98.8 cm³/mol. The fourth-order valence-electron chi connectivity index (χ4n) is 2.13. The third-order valence-electron chi connectivity index (χ3n) is 3.32. The van der Waals surface area contributed by atoms with Crippen LogP contribution in [-0.2, 0) is 0 Å².